The van der Waals surface area contributed by atoms with Crippen LogP contribution in [-0.4, -0.2) is 28.6 Å². The molecule has 0 aliphatic carbocycles. The lowest BCUT2D eigenvalue weighted by atomic mass is 9.94. The van der Waals surface area contributed by atoms with Crippen molar-refractivity contribution in [2.45, 2.75) is 38.8 Å². The third kappa shape index (κ3) is 2.56. The molecular weight excluding hydrogens is 226 g/mol. The molecule has 0 bridgehead atoms. The molecule has 1 heterocycles. The van der Waals surface area contributed by atoms with E-state index in [1.54, 1.807) is 0 Å². The molecule has 1 aromatic rings. The predicted octanol–water partition coefficient (Wildman–Crippen LogP) is 2.93. The third-order valence-corrected chi connectivity index (χ3v) is 3.71. The molecule has 1 saturated heterocycles. The monoisotopic (exact) mass is 247 g/mol. The number of likely N-dealkylation sites (tertiary alicyclic amines) is 1. The summed E-state index contributed by atoms with van der Waals surface area (Å²) in [6.07, 6.45) is 1.75. The van der Waals surface area contributed by atoms with Gasteiger partial charge in [0.1, 0.15) is 6.04 Å². The van der Waals surface area contributed by atoms with Crippen LogP contribution in [0.25, 0.3) is 0 Å². The Balaban J connectivity index is 2.28. The summed E-state index contributed by atoms with van der Waals surface area (Å²) >= 11 is 0. The Labute approximate surface area is 108 Å². The fourth-order valence-corrected chi connectivity index (χ4v) is 3.00. The summed E-state index contributed by atoms with van der Waals surface area (Å²) in [7, 11) is 0. The number of hydrogen-bond donors (Lipinski definition) is 1. The second-order valence-corrected chi connectivity index (χ2v) is 5.33. The summed E-state index contributed by atoms with van der Waals surface area (Å²) in [6, 6.07) is 10.1. The van der Waals surface area contributed by atoms with Crippen molar-refractivity contribution in [3.05, 3.63) is 35.9 Å². The first-order valence-corrected chi connectivity index (χ1v) is 6.64. The lowest BCUT2D eigenvalue weighted by molar-refractivity contribution is -0.143. The minimum atomic E-state index is -0.686. The van der Waals surface area contributed by atoms with Gasteiger partial charge >= 0.3 is 5.97 Å². The Morgan fingerprint density at radius 2 is 2.00 bits per heavy atom. The molecule has 98 valence electrons. The van der Waals surface area contributed by atoms with Crippen LogP contribution in [0.2, 0.25) is 0 Å². The van der Waals surface area contributed by atoms with E-state index >= 15 is 0 Å². The highest BCUT2D eigenvalue weighted by molar-refractivity contribution is 5.73. The van der Waals surface area contributed by atoms with Gasteiger partial charge in [0.05, 0.1) is 0 Å². The van der Waals surface area contributed by atoms with Gasteiger partial charge in [0, 0.05) is 6.04 Å². The van der Waals surface area contributed by atoms with Crippen LogP contribution in [0.4, 0.5) is 0 Å². The number of benzene rings is 1. The number of rotatable bonds is 4. The van der Waals surface area contributed by atoms with E-state index in [1.165, 1.54) is 5.56 Å². The van der Waals surface area contributed by atoms with Gasteiger partial charge < -0.3 is 5.11 Å². The van der Waals surface area contributed by atoms with Crippen LogP contribution in [0.3, 0.4) is 0 Å². The lowest BCUT2D eigenvalue weighted by Gasteiger charge is -2.34. The van der Waals surface area contributed by atoms with E-state index in [9.17, 15) is 9.90 Å². The van der Waals surface area contributed by atoms with Crippen molar-refractivity contribution in [3.8, 4) is 0 Å². The fourth-order valence-electron chi connectivity index (χ4n) is 3.00. The summed E-state index contributed by atoms with van der Waals surface area (Å²) in [5.74, 6) is -0.276. The van der Waals surface area contributed by atoms with Crippen LogP contribution in [-0.2, 0) is 4.79 Å². The Bertz CT molecular complexity index is 402. The zero-order valence-corrected chi connectivity index (χ0v) is 11.0. The smallest absolute Gasteiger partial charge is 0.320 e. The minimum Gasteiger partial charge on any atom is -0.480 e. The first kappa shape index (κ1) is 13.1. The molecule has 2 atom stereocenters. The van der Waals surface area contributed by atoms with Crippen LogP contribution in [0.15, 0.2) is 30.3 Å². The standard InChI is InChI=1S/C15H21NO2/c1-11(2)14(12-7-4-3-5-8-12)16-10-6-9-13(16)15(17)18/h3-5,7-8,11,13-14H,6,9-10H2,1-2H3,(H,17,18). The van der Waals surface area contributed by atoms with Crippen LogP contribution in [0.1, 0.15) is 38.3 Å². The average molecular weight is 247 g/mol. The number of aliphatic carboxylic acids is 1. The van der Waals surface area contributed by atoms with Crippen molar-refractivity contribution in [1.29, 1.82) is 0 Å². The lowest BCUT2D eigenvalue weighted by Crippen LogP contribution is -2.40. The average Bonchev–Trinajstić information content (AvgIpc) is 2.79. The molecule has 2 rings (SSSR count). The highest BCUT2D eigenvalue weighted by Gasteiger charge is 2.37. The van der Waals surface area contributed by atoms with Crippen molar-refractivity contribution in [1.82, 2.24) is 4.90 Å². The summed E-state index contributed by atoms with van der Waals surface area (Å²) in [4.78, 5) is 13.5. The van der Waals surface area contributed by atoms with Gasteiger partial charge in [-0.15, -0.1) is 0 Å². The maximum Gasteiger partial charge on any atom is 0.320 e. The second kappa shape index (κ2) is 5.53. The molecule has 3 nitrogen and oxygen atoms in total. The van der Waals surface area contributed by atoms with Crippen LogP contribution >= 0.6 is 0 Å². The Hall–Kier alpha value is -1.35. The molecular formula is C15H21NO2. The summed E-state index contributed by atoms with van der Waals surface area (Å²) in [5, 5.41) is 9.32. The van der Waals surface area contributed by atoms with Crippen molar-refractivity contribution in [2.24, 2.45) is 5.92 Å². The molecule has 1 aliphatic rings. The zero-order valence-electron chi connectivity index (χ0n) is 11.0. The molecule has 2 unspecified atom stereocenters. The first-order chi connectivity index (χ1) is 8.61. The van der Waals surface area contributed by atoms with Crippen molar-refractivity contribution < 1.29 is 9.90 Å². The minimum absolute atomic E-state index is 0.204. The Morgan fingerprint density at radius 3 is 2.56 bits per heavy atom. The van der Waals surface area contributed by atoms with Crippen LogP contribution in [0, 0.1) is 5.92 Å². The molecule has 1 N–H and O–H groups in total. The van der Waals surface area contributed by atoms with Crippen LogP contribution < -0.4 is 0 Å². The number of carboxylic acid groups (broad SMARTS) is 1. The molecule has 1 aromatic carbocycles. The summed E-state index contributed by atoms with van der Waals surface area (Å²) in [5.41, 5.74) is 1.22. The predicted molar refractivity (Wildman–Crippen MR) is 71.4 cm³/mol. The van der Waals surface area contributed by atoms with E-state index in [-0.39, 0.29) is 12.1 Å². The van der Waals surface area contributed by atoms with E-state index < -0.39 is 5.97 Å². The molecule has 0 radical (unpaired) electrons. The quantitative estimate of drug-likeness (QED) is 0.889. The van der Waals surface area contributed by atoms with Gasteiger partial charge in [-0.3, -0.25) is 9.69 Å². The third-order valence-electron chi connectivity index (χ3n) is 3.71. The van der Waals surface area contributed by atoms with Gasteiger partial charge in [0.15, 0.2) is 0 Å². The molecule has 1 fully saturated rings. The number of carboxylic acids is 1. The SMILES string of the molecule is CC(C)C(c1ccccc1)N1CCCC1C(=O)O. The number of nitrogens with zero attached hydrogens (tertiary/aromatic N) is 1. The van der Waals surface area contributed by atoms with Gasteiger partial charge in [-0.2, -0.15) is 0 Å². The molecule has 0 spiro atoms. The second-order valence-electron chi connectivity index (χ2n) is 5.33. The molecule has 3 heteroatoms. The normalized spacial score (nSPS) is 22.3. The summed E-state index contributed by atoms with van der Waals surface area (Å²) in [6.45, 7) is 5.21. The Kier molecular flexibility index (Phi) is 4.02. The van der Waals surface area contributed by atoms with E-state index in [0.29, 0.717) is 5.92 Å². The van der Waals surface area contributed by atoms with Gasteiger partial charge in [-0.1, -0.05) is 44.2 Å². The molecule has 0 aromatic heterocycles. The number of carbonyl (C=O) groups is 1. The van der Waals surface area contributed by atoms with Gasteiger partial charge in [0.2, 0.25) is 0 Å². The van der Waals surface area contributed by atoms with E-state index in [1.807, 2.05) is 18.2 Å². The van der Waals surface area contributed by atoms with Gasteiger partial charge in [-0.25, -0.2) is 0 Å². The highest BCUT2D eigenvalue weighted by Crippen LogP contribution is 2.34. The van der Waals surface area contributed by atoms with E-state index in [4.69, 9.17) is 0 Å². The van der Waals surface area contributed by atoms with Gasteiger partial charge in [-0.05, 0) is 30.9 Å². The van der Waals surface area contributed by atoms with Crippen LogP contribution in [0.5, 0.6) is 0 Å². The zero-order chi connectivity index (χ0) is 13.1. The van der Waals surface area contributed by atoms with E-state index in [0.717, 1.165) is 19.4 Å². The Morgan fingerprint density at radius 1 is 1.33 bits per heavy atom. The van der Waals surface area contributed by atoms with Crippen molar-refractivity contribution in [3.63, 3.8) is 0 Å². The molecule has 0 saturated carbocycles. The molecule has 18 heavy (non-hydrogen) atoms. The summed E-state index contributed by atoms with van der Waals surface area (Å²) < 4.78 is 0. The number of hydrogen-bond acceptors (Lipinski definition) is 2. The van der Waals surface area contributed by atoms with E-state index in [2.05, 4.69) is 30.9 Å². The van der Waals surface area contributed by atoms with Crippen molar-refractivity contribution in [2.75, 3.05) is 6.54 Å². The maximum absolute atomic E-state index is 11.3. The largest absolute Gasteiger partial charge is 0.480 e. The fraction of sp³-hybridized carbons (Fsp3) is 0.533. The topological polar surface area (TPSA) is 40.5 Å². The highest BCUT2D eigenvalue weighted by atomic mass is 16.4. The molecule has 1 aliphatic heterocycles. The van der Waals surface area contributed by atoms with Crippen molar-refractivity contribution >= 4 is 5.97 Å². The maximum atomic E-state index is 11.3. The molecule has 0 amide bonds. The van der Waals surface area contributed by atoms with Gasteiger partial charge in [0.25, 0.3) is 0 Å². The first-order valence-electron chi connectivity index (χ1n) is 6.64.